The number of hydrogen-bond acceptors (Lipinski definition) is 5. The summed E-state index contributed by atoms with van der Waals surface area (Å²) in [5.74, 6) is 1.44. The van der Waals surface area contributed by atoms with E-state index in [0.717, 1.165) is 31.1 Å². The maximum absolute atomic E-state index is 10.9. The molecule has 0 saturated carbocycles. The first-order valence-electron chi connectivity index (χ1n) is 13.1. The van der Waals surface area contributed by atoms with E-state index in [1.165, 1.54) is 57.6 Å². The topological polar surface area (TPSA) is 64.8 Å². The van der Waals surface area contributed by atoms with Gasteiger partial charge in [-0.25, -0.2) is 0 Å². The molecule has 1 fully saturated rings. The summed E-state index contributed by atoms with van der Waals surface area (Å²) in [5, 5.41) is 1.31. The quantitative estimate of drug-likeness (QED) is 0.226. The van der Waals surface area contributed by atoms with Gasteiger partial charge >= 0.3 is 0 Å². The third-order valence-corrected chi connectivity index (χ3v) is 8.09. The molecule has 0 aliphatic carbocycles. The number of primary amides is 1. The molecule has 1 aliphatic heterocycles. The second-order valence-corrected chi connectivity index (χ2v) is 10.6. The van der Waals surface area contributed by atoms with Crippen LogP contribution in [0.2, 0.25) is 0 Å². The Morgan fingerprint density at radius 2 is 1.54 bits per heavy atom. The number of likely N-dealkylation sites (tertiary alicyclic amines) is 1. The number of rotatable bonds is 12. The molecule has 0 spiro atoms. The Bertz CT molecular complexity index is 1310. The zero-order valence-electron chi connectivity index (χ0n) is 21.2. The Morgan fingerprint density at radius 3 is 2.27 bits per heavy atom. The summed E-state index contributed by atoms with van der Waals surface area (Å²) >= 11 is 1.85. The monoisotopic (exact) mass is 514 g/mol. The number of carbonyl (C=O) groups is 1. The Kier molecular flexibility index (Phi) is 8.39. The molecule has 4 aromatic rings. The van der Waals surface area contributed by atoms with Gasteiger partial charge in [0, 0.05) is 22.5 Å². The van der Waals surface area contributed by atoms with E-state index in [-0.39, 0.29) is 5.91 Å². The third-order valence-electron chi connectivity index (χ3n) is 6.83. The predicted octanol–water partition coefficient (Wildman–Crippen LogP) is 6.28. The Morgan fingerprint density at radius 1 is 0.865 bits per heavy atom. The maximum Gasteiger partial charge on any atom is 0.217 e. The third kappa shape index (κ3) is 6.70. The van der Waals surface area contributed by atoms with Gasteiger partial charge < -0.3 is 15.2 Å². The molecule has 0 bridgehead atoms. The smallest absolute Gasteiger partial charge is 0.217 e. The summed E-state index contributed by atoms with van der Waals surface area (Å²) in [6.07, 6.45) is 4.43. The zero-order chi connectivity index (χ0) is 25.5. The van der Waals surface area contributed by atoms with Crippen LogP contribution in [-0.4, -0.2) is 43.7 Å². The van der Waals surface area contributed by atoms with Gasteiger partial charge in [-0.15, -0.1) is 11.3 Å². The molecule has 1 aliphatic rings. The fourth-order valence-corrected chi connectivity index (χ4v) is 6.08. The van der Waals surface area contributed by atoms with Gasteiger partial charge in [-0.2, -0.15) is 0 Å². The van der Waals surface area contributed by atoms with E-state index in [0.29, 0.717) is 19.4 Å². The highest BCUT2D eigenvalue weighted by molar-refractivity contribution is 7.22. The van der Waals surface area contributed by atoms with Gasteiger partial charge in [0.2, 0.25) is 5.91 Å². The lowest BCUT2D eigenvalue weighted by atomic mass is 9.99. The average molecular weight is 515 g/mol. The number of amides is 1. The van der Waals surface area contributed by atoms with Crippen LogP contribution < -0.4 is 15.2 Å². The van der Waals surface area contributed by atoms with Crippen molar-refractivity contribution in [3.8, 4) is 21.9 Å². The summed E-state index contributed by atoms with van der Waals surface area (Å²) in [7, 11) is 0. The highest BCUT2D eigenvalue weighted by Gasteiger charge is 2.15. The Balaban J connectivity index is 1.28. The molecule has 0 unspecified atom stereocenters. The molecular formula is C31H34N2O3S. The van der Waals surface area contributed by atoms with E-state index in [9.17, 15) is 4.79 Å². The number of nitrogens with zero attached hydrogens (tertiary/aromatic N) is 1. The van der Waals surface area contributed by atoms with E-state index in [1.54, 1.807) is 0 Å². The van der Waals surface area contributed by atoms with Crippen LogP contribution in [0.5, 0.6) is 11.5 Å². The lowest BCUT2D eigenvalue weighted by Crippen LogP contribution is -2.25. The molecule has 3 aromatic carbocycles. The van der Waals surface area contributed by atoms with Gasteiger partial charge in [0.25, 0.3) is 0 Å². The van der Waals surface area contributed by atoms with Gasteiger partial charge in [-0.3, -0.25) is 9.69 Å². The minimum atomic E-state index is -0.294. The molecule has 6 heteroatoms. The molecule has 5 rings (SSSR count). The standard InChI is InChI=1S/C31H34N2O3S/c32-30(34)8-5-20-35-25-13-9-23(10-14-25)22-28-27-6-1-2-7-29(27)37-31(28)24-11-15-26(16-12-24)36-21-19-33-17-3-4-18-33/h1-2,6-7,9-16H,3-5,8,17-22H2,(H2,32,34). The molecule has 2 N–H and O–H groups in total. The molecule has 1 amide bonds. The number of benzene rings is 3. The Hall–Kier alpha value is -3.35. The van der Waals surface area contributed by atoms with Crippen LogP contribution in [-0.2, 0) is 11.2 Å². The van der Waals surface area contributed by atoms with Crippen molar-refractivity contribution >= 4 is 27.3 Å². The van der Waals surface area contributed by atoms with Crippen LogP contribution in [0, 0.1) is 0 Å². The van der Waals surface area contributed by atoms with E-state index < -0.39 is 0 Å². The van der Waals surface area contributed by atoms with Gasteiger partial charge in [-0.05, 0) is 103 Å². The van der Waals surface area contributed by atoms with Crippen molar-refractivity contribution in [3.05, 3.63) is 83.9 Å². The normalized spacial score (nSPS) is 13.7. The molecule has 37 heavy (non-hydrogen) atoms. The highest BCUT2D eigenvalue weighted by Crippen LogP contribution is 2.40. The summed E-state index contributed by atoms with van der Waals surface area (Å²) in [5.41, 5.74) is 8.99. The van der Waals surface area contributed by atoms with Crippen LogP contribution in [0.15, 0.2) is 72.8 Å². The summed E-state index contributed by atoms with van der Waals surface area (Å²) < 4.78 is 13.1. The van der Waals surface area contributed by atoms with E-state index in [1.807, 2.05) is 23.5 Å². The molecular weight excluding hydrogens is 480 g/mol. The number of carbonyl (C=O) groups excluding carboxylic acids is 1. The van der Waals surface area contributed by atoms with Crippen LogP contribution >= 0.6 is 11.3 Å². The SMILES string of the molecule is NC(=O)CCCOc1ccc(Cc2c(-c3ccc(OCCN4CCCC4)cc3)sc3ccccc23)cc1. The lowest BCUT2D eigenvalue weighted by Gasteiger charge is -2.15. The van der Waals surface area contributed by atoms with Crippen molar-refractivity contribution in [3.63, 3.8) is 0 Å². The fraction of sp³-hybridized carbons (Fsp3) is 0.323. The first-order valence-corrected chi connectivity index (χ1v) is 13.9. The zero-order valence-corrected chi connectivity index (χ0v) is 22.0. The van der Waals surface area contributed by atoms with Crippen LogP contribution in [0.25, 0.3) is 20.5 Å². The maximum atomic E-state index is 10.9. The Labute approximate surface area is 222 Å². The van der Waals surface area contributed by atoms with Crippen LogP contribution in [0.4, 0.5) is 0 Å². The van der Waals surface area contributed by atoms with E-state index in [2.05, 4.69) is 65.6 Å². The largest absolute Gasteiger partial charge is 0.494 e. The molecule has 0 radical (unpaired) electrons. The van der Waals surface area contributed by atoms with Crippen molar-refractivity contribution in [2.24, 2.45) is 5.73 Å². The molecule has 1 saturated heterocycles. The number of fused-ring (bicyclic) bond motifs is 1. The average Bonchev–Trinajstić information content (AvgIpc) is 3.56. The predicted molar refractivity (Wildman–Crippen MR) is 152 cm³/mol. The van der Waals surface area contributed by atoms with Crippen molar-refractivity contribution < 1.29 is 14.3 Å². The molecule has 5 nitrogen and oxygen atoms in total. The second-order valence-electron chi connectivity index (χ2n) is 9.57. The first kappa shape index (κ1) is 25.3. The summed E-state index contributed by atoms with van der Waals surface area (Å²) in [4.78, 5) is 14.7. The first-order chi connectivity index (χ1) is 18.2. The number of hydrogen-bond donors (Lipinski definition) is 1. The minimum Gasteiger partial charge on any atom is -0.494 e. The molecule has 0 atom stereocenters. The van der Waals surface area contributed by atoms with Crippen LogP contribution in [0.1, 0.15) is 36.8 Å². The summed E-state index contributed by atoms with van der Waals surface area (Å²) in [6.45, 7) is 4.62. The van der Waals surface area contributed by atoms with Gasteiger partial charge in [0.15, 0.2) is 0 Å². The van der Waals surface area contributed by atoms with E-state index in [4.69, 9.17) is 15.2 Å². The molecule has 2 heterocycles. The van der Waals surface area contributed by atoms with Crippen molar-refractivity contribution in [1.82, 2.24) is 4.90 Å². The fourth-order valence-electron chi connectivity index (χ4n) is 4.85. The number of ether oxygens (including phenoxy) is 2. The molecule has 1 aromatic heterocycles. The second kappa shape index (κ2) is 12.3. The minimum absolute atomic E-state index is 0.294. The van der Waals surface area contributed by atoms with Gasteiger partial charge in [0.1, 0.15) is 18.1 Å². The number of thiophene rings is 1. The highest BCUT2D eigenvalue weighted by atomic mass is 32.1. The van der Waals surface area contributed by atoms with Crippen molar-refractivity contribution in [1.29, 1.82) is 0 Å². The lowest BCUT2D eigenvalue weighted by molar-refractivity contribution is -0.118. The van der Waals surface area contributed by atoms with Gasteiger partial charge in [-0.1, -0.05) is 30.3 Å². The number of nitrogens with two attached hydrogens (primary N) is 1. The van der Waals surface area contributed by atoms with E-state index >= 15 is 0 Å². The van der Waals surface area contributed by atoms with Crippen molar-refractivity contribution in [2.45, 2.75) is 32.1 Å². The van der Waals surface area contributed by atoms with Gasteiger partial charge in [0.05, 0.1) is 6.61 Å². The van der Waals surface area contributed by atoms with Crippen LogP contribution in [0.3, 0.4) is 0 Å². The summed E-state index contributed by atoms with van der Waals surface area (Å²) in [6, 6.07) is 25.4. The van der Waals surface area contributed by atoms with Crippen molar-refractivity contribution in [2.75, 3.05) is 32.8 Å². The molecule has 192 valence electrons.